The number of benzene rings is 1. The fourth-order valence-corrected chi connectivity index (χ4v) is 2.77. The van der Waals surface area contributed by atoms with Crippen LogP contribution in [0.2, 0.25) is 0 Å². The van der Waals surface area contributed by atoms with Crippen LogP contribution in [0.3, 0.4) is 0 Å². The van der Waals surface area contributed by atoms with Crippen LogP contribution < -0.4 is 5.32 Å². The first-order valence-corrected chi connectivity index (χ1v) is 7.71. The summed E-state index contributed by atoms with van der Waals surface area (Å²) >= 11 is 0. The standard InChI is InChI=1S/C18H19FN4O/c1-10-5-6-13(8-15(10)19)9-20-18(24)14-7-11(2)21-17-16(14)12(3)22-23(17)4/h5-8H,9H2,1-4H3,(H,20,24). The SMILES string of the molecule is Cc1cc(C(=O)NCc2ccc(C)c(F)c2)c2c(C)nn(C)c2n1. The monoisotopic (exact) mass is 326 g/mol. The average Bonchev–Trinajstić information content (AvgIpc) is 2.82. The van der Waals surface area contributed by atoms with Gasteiger partial charge in [-0.25, -0.2) is 9.37 Å². The molecule has 0 unspecified atom stereocenters. The molecule has 3 rings (SSSR count). The van der Waals surface area contributed by atoms with E-state index in [0.717, 1.165) is 22.3 Å². The number of aryl methyl sites for hydroxylation is 4. The van der Waals surface area contributed by atoms with Gasteiger partial charge in [-0.1, -0.05) is 12.1 Å². The van der Waals surface area contributed by atoms with E-state index >= 15 is 0 Å². The predicted molar refractivity (Wildman–Crippen MR) is 90.3 cm³/mol. The van der Waals surface area contributed by atoms with Crippen LogP contribution in [0.15, 0.2) is 24.3 Å². The number of nitrogens with one attached hydrogen (secondary N) is 1. The van der Waals surface area contributed by atoms with Crippen molar-refractivity contribution in [1.29, 1.82) is 0 Å². The Morgan fingerprint density at radius 3 is 2.71 bits per heavy atom. The molecule has 0 spiro atoms. The number of aromatic nitrogens is 3. The van der Waals surface area contributed by atoms with Crippen LogP contribution in [0.1, 0.15) is 32.9 Å². The highest BCUT2D eigenvalue weighted by Gasteiger charge is 2.17. The normalized spacial score (nSPS) is 11.0. The fraction of sp³-hybridized carbons (Fsp3) is 0.278. The largest absolute Gasteiger partial charge is 0.348 e. The first-order chi connectivity index (χ1) is 11.4. The maximum absolute atomic E-state index is 13.6. The van der Waals surface area contributed by atoms with Gasteiger partial charge in [-0.3, -0.25) is 9.48 Å². The molecule has 3 aromatic rings. The second-order valence-corrected chi connectivity index (χ2v) is 5.99. The Labute approximate surface area is 139 Å². The molecule has 0 saturated heterocycles. The lowest BCUT2D eigenvalue weighted by Gasteiger charge is -2.08. The molecule has 1 aromatic carbocycles. The summed E-state index contributed by atoms with van der Waals surface area (Å²) in [5.74, 6) is -0.491. The van der Waals surface area contributed by atoms with Gasteiger partial charge in [-0.2, -0.15) is 5.10 Å². The van der Waals surface area contributed by atoms with Crippen molar-refractivity contribution in [3.8, 4) is 0 Å². The second-order valence-electron chi connectivity index (χ2n) is 5.99. The molecule has 0 aliphatic rings. The van der Waals surface area contributed by atoms with Crippen molar-refractivity contribution in [3.05, 3.63) is 58.2 Å². The lowest BCUT2D eigenvalue weighted by atomic mass is 10.1. The molecule has 24 heavy (non-hydrogen) atoms. The van der Waals surface area contributed by atoms with E-state index in [-0.39, 0.29) is 18.3 Å². The zero-order valence-electron chi connectivity index (χ0n) is 14.1. The van der Waals surface area contributed by atoms with Gasteiger partial charge in [-0.15, -0.1) is 0 Å². The fourth-order valence-electron chi connectivity index (χ4n) is 2.77. The molecule has 0 bridgehead atoms. The van der Waals surface area contributed by atoms with Crippen molar-refractivity contribution in [3.63, 3.8) is 0 Å². The molecule has 6 heteroatoms. The van der Waals surface area contributed by atoms with Crippen molar-refractivity contribution in [1.82, 2.24) is 20.1 Å². The van der Waals surface area contributed by atoms with E-state index in [1.165, 1.54) is 6.07 Å². The minimum atomic E-state index is -0.271. The van der Waals surface area contributed by atoms with Gasteiger partial charge in [0, 0.05) is 19.3 Å². The van der Waals surface area contributed by atoms with Crippen LogP contribution in [-0.2, 0) is 13.6 Å². The molecule has 1 amide bonds. The highest BCUT2D eigenvalue weighted by molar-refractivity contribution is 6.06. The van der Waals surface area contributed by atoms with Crippen LogP contribution >= 0.6 is 0 Å². The minimum absolute atomic E-state index is 0.220. The molecular weight excluding hydrogens is 307 g/mol. The zero-order chi connectivity index (χ0) is 17.4. The molecule has 1 N–H and O–H groups in total. The third-order valence-electron chi connectivity index (χ3n) is 4.03. The Balaban J connectivity index is 1.90. The number of carbonyl (C=O) groups excluding carboxylic acids is 1. The van der Waals surface area contributed by atoms with E-state index in [1.807, 2.05) is 13.8 Å². The van der Waals surface area contributed by atoms with Crippen LogP contribution in [0.25, 0.3) is 11.0 Å². The van der Waals surface area contributed by atoms with E-state index in [0.29, 0.717) is 16.8 Å². The molecule has 0 fully saturated rings. The maximum Gasteiger partial charge on any atom is 0.252 e. The number of halogens is 1. The third-order valence-corrected chi connectivity index (χ3v) is 4.03. The van der Waals surface area contributed by atoms with Gasteiger partial charge in [0.1, 0.15) is 5.82 Å². The number of nitrogens with zero attached hydrogens (tertiary/aromatic N) is 3. The number of hydrogen-bond acceptors (Lipinski definition) is 3. The van der Waals surface area contributed by atoms with Gasteiger partial charge in [0.2, 0.25) is 0 Å². The van der Waals surface area contributed by atoms with Gasteiger partial charge in [0.25, 0.3) is 5.91 Å². The van der Waals surface area contributed by atoms with Crippen LogP contribution in [-0.4, -0.2) is 20.7 Å². The zero-order valence-corrected chi connectivity index (χ0v) is 14.1. The van der Waals surface area contributed by atoms with E-state index < -0.39 is 0 Å². The van der Waals surface area contributed by atoms with Crippen molar-refractivity contribution in [2.45, 2.75) is 27.3 Å². The Bertz CT molecular complexity index is 946. The summed E-state index contributed by atoms with van der Waals surface area (Å²) in [6, 6.07) is 6.71. The number of rotatable bonds is 3. The van der Waals surface area contributed by atoms with Crippen molar-refractivity contribution in [2.24, 2.45) is 7.05 Å². The Morgan fingerprint density at radius 1 is 1.25 bits per heavy atom. The first kappa shape index (κ1) is 16.1. The number of hydrogen-bond donors (Lipinski definition) is 1. The van der Waals surface area contributed by atoms with Crippen LogP contribution in [0, 0.1) is 26.6 Å². The van der Waals surface area contributed by atoms with Crippen molar-refractivity contribution >= 4 is 16.9 Å². The molecule has 0 saturated carbocycles. The van der Waals surface area contributed by atoms with Gasteiger partial charge < -0.3 is 5.32 Å². The van der Waals surface area contributed by atoms with E-state index in [1.54, 1.807) is 36.9 Å². The number of amides is 1. The third kappa shape index (κ3) is 2.87. The summed E-state index contributed by atoms with van der Waals surface area (Å²) in [6.45, 7) is 5.66. The van der Waals surface area contributed by atoms with Crippen molar-refractivity contribution in [2.75, 3.05) is 0 Å². The summed E-state index contributed by atoms with van der Waals surface area (Å²) in [6.07, 6.45) is 0. The first-order valence-electron chi connectivity index (χ1n) is 7.71. The van der Waals surface area contributed by atoms with Gasteiger partial charge >= 0.3 is 0 Å². The maximum atomic E-state index is 13.6. The summed E-state index contributed by atoms with van der Waals surface area (Å²) in [5.41, 5.74) is 4.03. The molecule has 2 aromatic heterocycles. The molecule has 2 heterocycles. The molecule has 0 radical (unpaired) electrons. The molecular formula is C18H19FN4O. The molecule has 124 valence electrons. The van der Waals surface area contributed by atoms with Crippen LogP contribution in [0.5, 0.6) is 0 Å². The Morgan fingerprint density at radius 2 is 2.00 bits per heavy atom. The van der Waals surface area contributed by atoms with E-state index in [9.17, 15) is 9.18 Å². The van der Waals surface area contributed by atoms with E-state index in [4.69, 9.17) is 0 Å². The van der Waals surface area contributed by atoms with Gasteiger partial charge in [0.05, 0.1) is 16.6 Å². The predicted octanol–water partition coefficient (Wildman–Crippen LogP) is 2.96. The summed E-state index contributed by atoms with van der Waals surface area (Å²) in [7, 11) is 1.80. The van der Waals surface area contributed by atoms with Gasteiger partial charge in [0.15, 0.2) is 5.65 Å². The quantitative estimate of drug-likeness (QED) is 0.805. The number of fused-ring (bicyclic) bond motifs is 1. The van der Waals surface area contributed by atoms with Crippen LogP contribution in [0.4, 0.5) is 4.39 Å². The highest BCUT2D eigenvalue weighted by Crippen LogP contribution is 2.21. The summed E-state index contributed by atoms with van der Waals surface area (Å²) in [4.78, 5) is 17.1. The second kappa shape index (κ2) is 6.03. The van der Waals surface area contributed by atoms with Gasteiger partial charge in [-0.05, 0) is 44.0 Å². The average molecular weight is 326 g/mol. The summed E-state index contributed by atoms with van der Waals surface area (Å²) < 4.78 is 15.3. The Hall–Kier alpha value is -2.76. The highest BCUT2D eigenvalue weighted by atomic mass is 19.1. The summed E-state index contributed by atoms with van der Waals surface area (Å²) in [5, 5.41) is 7.93. The smallest absolute Gasteiger partial charge is 0.252 e. The molecule has 0 atom stereocenters. The van der Waals surface area contributed by atoms with Crippen molar-refractivity contribution < 1.29 is 9.18 Å². The number of carbonyl (C=O) groups is 1. The Kier molecular flexibility index (Phi) is 4.05. The number of pyridine rings is 1. The lowest BCUT2D eigenvalue weighted by molar-refractivity contribution is 0.0952. The lowest BCUT2D eigenvalue weighted by Crippen LogP contribution is -2.23. The topological polar surface area (TPSA) is 59.8 Å². The molecule has 0 aliphatic carbocycles. The molecule has 0 aliphatic heterocycles. The van der Waals surface area contributed by atoms with E-state index in [2.05, 4.69) is 15.4 Å². The molecule has 5 nitrogen and oxygen atoms in total. The minimum Gasteiger partial charge on any atom is -0.348 e.